The van der Waals surface area contributed by atoms with E-state index < -0.39 is 0 Å². The second-order valence-electron chi connectivity index (χ2n) is 11.8. The fourth-order valence-electron chi connectivity index (χ4n) is 6.00. The minimum Gasteiger partial charge on any atom is -0.382 e. The third-order valence-electron chi connectivity index (χ3n) is 8.30. The van der Waals surface area contributed by atoms with E-state index in [9.17, 15) is 0 Å². The average Bonchev–Trinajstić information content (AvgIpc) is 3.66. The van der Waals surface area contributed by atoms with E-state index in [2.05, 4.69) is 58.1 Å². The summed E-state index contributed by atoms with van der Waals surface area (Å²) in [4.78, 5) is 18.2. The lowest BCUT2D eigenvalue weighted by Crippen LogP contribution is -2.43. The quantitative estimate of drug-likeness (QED) is 0.196. The van der Waals surface area contributed by atoms with Crippen LogP contribution in [-0.2, 0) is 4.79 Å². The van der Waals surface area contributed by atoms with Crippen LogP contribution in [0.5, 0.6) is 0 Å². The van der Waals surface area contributed by atoms with Crippen LogP contribution in [0.4, 0.5) is 11.6 Å². The van der Waals surface area contributed by atoms with Crippen molar-refractivity contribution in [2.45, 2.75) is 102 Å². The molecule has 11 nitrogen and oxygen atoms in total. The van der Waals surface area contributed by atoms with Gasteiger partial charge in [0.05, 0.1) is 28.7 Å². The van der Waals surface area contributed by atoms with Crippen LogP contribution in [0.25, 0.3) is 27.5 Å². The highest BCUT2D eigenvalue weighted by Crippen LogP contribution is 2.39. The predicted octanol–water partition coefficient (Wildman–Crippen LogP) is 5.26. The van der Waals surface area contributed by atoms with Gasteiger partial charge in [0.1, 0.15) is 11.3 Å². The van der Waals surface area contributed by atoms with Gasteiger partial charge in [-0.1, -0.05) is 24.2 Å². The first-order chi connectivity index (χ1) is 20.9. The maximum atomic E-state index is 8.81. The van der Waals surface area contributed by atoms with E-state index >= 15 is 0 Å². The van der Waals surface area contributed by atoms with Crippen LogP contribution in [0, 0.1) is 0 Å². The Labute approximate surface area is 257 Å². The number of carbonyl (C=O) groups is 1. The van der Waals surface area contributed by atoms with Gasteiger partial charge in [-0.15, -0.1) is 15.3 Å². The van der Waals surface area contributed by atoms with Gasteiger partial charge in [-0.25, -0.2) is 9.50 Å². The maximum Gasteiger partial charge on any atom is 0.241 e. The van der Waals surface area contributed by atoms with Crippen molar-refractivity contribution in [3.8, 4) is 22.0 Å². The number of nitrogens with zero attached hydrogens (tertiary/aromatic N) is 6. The van der Waals surface area contributed by atoms with E-state index in [1.807, 2.05) is 29.0 Å². The minimum atomic E-state index is 0.125. The Kier molecular flexibility index (Phi) is 10.3. The van der Waals surface area contributed by atoms with Crippen LogP contribution >= 0.6 is 11.3 Å². The molecule has 0 spiro atoms. The molecule has 43 heavy (non-hydrogen) atoms. The molecule has 2 fully saturated rings. The SMILES string of the molecule is CC=O.CNC1CCC(c2nnc(-c3cnc(-c4ccc5cnc(NC6CCCCC6N)nn45)cc3NC(C)C)s2)CC1. The topological polar surface area (TPSA) is 148 Å². The number of aldehydes is 1. The molecular formula is C31H44N10OS. The zero-order chi connectivity index (χ0) is 30.3. The molecule has 0 amide bonds. The number of nitrogens with two attached hydrogens (primary N) is 1. The highest BCUT2D eigenvalue weighted by atomic mass is 32.1. The van der Waals surface area contributed by atoms with Crippen molar-refractivity contribution in [3.05, 3.63) is 35.6 Å². The third kappa shape index (κ3) is 7.36. The van der Waals surface area contributed by atoms with Gasteiger partial charge in [0, 0.05) is 42.0 Å². The number of hydrogen-bond acceptors (Lipinski definition) is 11. The lowest BCUT2D eigenvalue weighted by atomic mass is 9.86. The van der Waals surface area contributed by atoms with Crippen LogP contribution in [-0.4, -0.2) is 67.3 Å². The van der Waals surface area contributed by atoms with Crippen LogP contribution in [0.15, 0.2) is 30.6 Å². The lowest BCUT2D eigenvalue weighted by molar-refractivity contribution is -0.106. The average molecular weight is 605 g/mol. The van der Waals surface area contributed by atoms with E-state index in [4.69, 9.17) is 20.6 Å². The maximum absolute atomic E-state index is 8.81. The standard InChI is InChI=1S/C29H40N10S.C2H4O/c1-17(2)34-24-14-25(32-16-21(24)28-37-36-27(40-28)18-8-10-19(31-3)11-9-18)26-13-12-20-15-33-29(38-39(20)26)35-23-7-5-4-6-22(23)30;1-2-3/h12-19,22-23,31H,4-11,30H2,1-3H3,(H,32,34)(H,35,38);2H,1H3. The van der Waals surface area contributed by atoms with Gasteiger partial charge in [0.25, 0.3) is 0 Å². The Morgan fingerprint density at radius 1 is 1.05 bits per heavy atom. The fourth-order valence-corrected chi connectivity index (χ4v) is 7.04. The molecule has 230 valence electrons. The van der Waals surface area contributed by atoms with Crippen molar-refractivity contribution in [3.63, 3.8) is 0 Å². The molecule has 0 bridgehead atoms. The number of hydrogen-bond donors (Lipinski definition) is 4. The van der Waals surface area contributed by atoms with Crippen molar-refractivity contribution >= 4 is 34.8 Å². The molecule has 4 aromatic heterocycles. The molecule has 0 aliphatic heterocycles. The molecule has 4 aromatic rings. The molecule has 0 saturated heterocycles. The molecule has 0 radical (unpaired) electrons. The monoisotopic (exact) mass is 604 g/mol. The van der Waals surface area contributed by atoms with E-state index in [1.54, 1.807) is 11.3 Å². The molecule has 6 rings (SSSR count). The summed E-state index contributed by atoms with van der Waals surface area (Å²) in [7, 11) is 2.06. The first-order valence-electron chi connectivity index (χ1n) is 15.4. The predicted molar refractivity (Wildman–Crippen MR) is 174 cm³/mol. The van der Waals surface area contributed by atoms with Gasteiger partial charge >= 0.3 is 0 Å². The summed E-state index contributed by atoms with van der Waals surface area (Å²) in [5.41, 5.74) is 11.0. The van der Waals surface area contributed by atoms with Gasteiger partial charge in [-0.3, -0.25) is 4.98 Å². The number of carbonyl (C=O) groups excluding carboxylic acids is 1. The molecule has 2 unspecified atom stereocenters. The van der Waals surface area contributed by atoms with Crippen LogP contribution in [0.1, 0.15) is 83.1 Å². The molecule has 2 atom stereocenters. The lowest BCUT2D eigenvalue weighted by Gasteiger charge is -2.29. The Balaban J connectivity index is 0.00000118. The number of nitrogens with one attached hydrogen (secondary N) is 3. The zero-order valence-corrected chi connectivity index (χ0v) is 26.4. The van der Waals surface area contributed by atoms with Gasteiger partial charge in [0.2, 0.25) is 5.95 Å². The summed E-state index contributed by atoms with van der Waals surface area (Å²) in [6.07, 6.45) is 13.6. The highest BCUT2D eigenvalue weighted by Gasteiger charge is 2.26. The summed E-state index contributed by atoms with van der Waals surface area (Å²) >= 11 is 1.70. The highest BCUT2D eigenvalue weighted by molar-refractivity contribution is 7.14. The second kappa shape index (κ2) is 14.3. The normalized spacial score (nSPS) is 22.2. The number of aromatic nitrogens is 6. The van der Waals surface area contributed by atoms with E-state index in [0.29, 0.717) is 17.9 Å². The molecular weight excluding hydrogens is 560 g/mol. The van der Waals surface area contributed by atoms with Crippen molar-refractivity contribution in [2.24, 2.45) is 5.73 Å². The van der Waals surface area contributed by atoms with Gasteiger partial charge < -0.3 is 26.5 Å². The van der Waals surface area contributed by atoms with Gasteiger partial charge in [-0.2, -0.15) is 0 Å². The molecule has 2 aliphatic rings. The molecule has 2 aliphatic carbocycles. The number of fused-ring (bicyclic) bond motifs is 1. The minimum absolute atomic E-state index is 0.125. The first kappa shape index (κ1) is 31.0. The summed E-state index contributed by atoms with van der Waals surface area (Å²) < 4.78 is 1.91. The van der Waals surface area contributed by atoms with Crippen LogP contribution in [0.3, 0.4) is 0 Å². The zero-order valence-electron chi connectivity index (χ0n) is 25.6. The first-order valence-corrected chi connectivity index (χ1v) is 16.3. The molecule has 2 saturated carbocycles. The molecule has 4 heterocycles. The van der Waals surface area contributed by atoms with Crippen molar-refractivity contribution < 1.29 is 4.79 Å². The van der Waals surface area contributed by atoms with Crippen molar-refractivity contribution in [1.82, 2.24) is 35.1 Å². The van der Waals surface area contributed by atoms with E-state index in [0.717, 1.165) is 70.1 Å². The summed E-state index contributed by atoms with van der Waals surface area (Å²) in [5.74, 6) is 1.08. The van der Waals surface area contributed by atoms with Gasteiger partial charge in [0.15, 0.2) is 5.01 Å². The van der Waals surface area contributed by atoms with E-state index in [-0.39, 0.29) is 18.1 Å². The smallest absolute Gasteiger partial charge is 0.241 e. The molecule has 12 heteroatoms. The van der Waals surface area contributed by atoms with Gasteiger partial charge in [-0.05, 0) is 84.5 Å². The summed E-state index contributed by atoms with van der Waals surface area (Å²) in [5, 5.41) is 26.6. The Morgan fingerprint density at radius 3 is 2.53 bits per heavy atom. The Hall–Kier alpha value is -3.48. The number of anilines is 2. The third-order valence-corrected chi connectivity index (χ3v) is 9.42. The Morgan fingerprint density at radius 2 is 1.81 bits per heavy atom. The largest absolute Gasteiger partial charge is 0.382 e. The number of pyridine rings is 1. The van der Waals surface area contributed by atoms with Crippen molar-refractivity contribution in [1.29, 1.82) is 0 Å². The van der Waals surface area contributed by atoms with Crippen molar-refractivity contribution in [2.75, 3.05) is 17.7 Å². The summed E-state index contributed by atoms with van der Waals surface area (Å²) in [6, 6.07) is 7.36. The van der Waals surface area contributed by atoms with E-state index in [1.165, 1.54) is 32.6 Å². The summed E-state index contributed by atoms with van der Waals surface area (Å²) in [6.45, 7) is 5.73. The molecule has 0 aromatic carbocycles. The fraction of sp³-hybridized carbons (Fsp3) is 0.548. The number of rotatable bonds is 8. The van der Waals surface area contributed by atoms with Crippen LogP contribution < -0.4 is 21.7 Å². The second-order valence-corrected chi connectivity index (χ2v) is 12.8. The van der Waals surface area contributed by atoms with Crippen LogP contribution in [0.2, 0.25) is 0 Å². The Bertz CT molecular complexity index is 1490. The molecule has 5 N–H and O–H groups in total.